The van der Waals surface area contributed by atoms with Crippen LogP contribution in [-0.2, 0) is 11.3 Å². The molecule has 0 saturated carbocycles. The number of carboxylic acid groups (broad SMARTS) is 1. The van der Waals surface area contributed by atoms with Gasteiger partial charge in [0.15, 0.2) is 11.9 Å². The summed E-state index contributed by atoms with van der Waals surface area (Å²) in [6.45, 7) is 3.16. The van der Waals surface area contributed by atoms with Crippen LogP contribution in [0.5, 0.6) is 5.75 Å². The van der Waals surface area contributed by atoms with Crippen molar-refractivity contribution in [3.05, 3.63) is 46.9 Å². The summed E-state index contributed by atoms with van der Waals surface area (Å²) in [4.78, 5) is 35.1. The number of carboxylic acids is 1. The van der Waals surface area contributed by atoms with Crippen LogP contribution in [0.15, 0.2) is 28.7 Å². The third-order valence-electron chi connectivity index (χ3n) is 3.80. The Labute approximate surface area is 142 Å². The minimum atomic E-state index is -1.09. The van der Waals surface area contributed by atoms with Crippen molar-refractivity contribution in [3.8, 4) is 5.75 Å². The van der Waals surface area contributed by atoms with Crippen molar-refractivity contribution in [2.45, 2.75) is 26.5 Å². The van der Waals surface area contributed by atoms with Gasteiger partial charge >= 0.3 is 5.97 Å². The molecule has 8 nitrogen and oxygen atoms in total. The highest BCUT2D eigenvalue weighted by Gasteiger charge is 2.27. The molecule has 2 amide bonds. The van der Waals surface area contributed by atoms with Gasteiger partial charge in [-0.3, -0.25) is 9.59 Å². The lowest BCUT2D eigenvalue weighted by atomic mass is 10.1. The number of furan rings is 1. The van der Waals surface area contributed by atoms with E-state index in [4.69, 9.17) is 14.3 Å². The van der Waals surface area contributed by atoms with Gasteiger partial charge in [-0.2, -0.15) is 0 Å². The largest absolute Gasteiger partial charge is 0.478 e. The highest BCUT2D eigenvalue weighted by atomic mass is 16.5. The van der Waals surface area contributed by atoms with Crippen molar-refractivity contribution < 1.29 is 28.6 Å². The first-order chi connectivity index (χ1) is 11.9. The number of hydrogen-bond acceptors (Lipinski definition) is 5. The first-order valence-electron chi connectivity index (χ1n) is 7.58. The molecule has 1 aliphatic heterocycles. The zero-order valence-electron chi connectivity index (χ0n) is 13.6. The third kappa shape index (κ3) is 3.18. The van der Waals surface area contributed by atoms with Gasteiger partial charge < -0.3 is 24.9 Å². The molecule has 2 aromatic rings. The van der Waals surface area contributed by atoms with E-state index in [9.17, 15) is 14.4 Å². The maximum Gasteiger partial charge on any atom is 0.339 e. The minimum absolute atomic E-state index is 0.0263. The topological polar surface area (TPSA) is 118 Å². The van der Waals surface area contributed by atoms with E-state index in [1.165, 1.54) is 6.07 Å². The molecule has 2 heterocycles. The van der Waals surface area contributed by atoms with Gasteiger partial charge in [-0.15, -0.1) is 0 Å². The molecular weight excluding hydrogens is 328 g/mol. The van der Waals surface area contributed by atoms with Crippen LogP contribution < -0.4 is 15.4 Å². The standard InChI is InChI=1S/C17H16N2O6/c1-8-12(17(22)23)6-10(24-8)7-18-16(21)11-4-3-5-13-14(11)25-9(2)15(20)19-13/h3-6,9H,7H2,1-2H3,(H,18,21)(H,19,20)(H,22,23)/t9-/m0/s1. The van der Waals surface area contributed by atoms with Gasteiger partial charge in [-0.1, -0.05) is 6.07 Å². The van der Waals surface area contributed by atoms with Crippen molar-refractivity contribution in [3.63, 3.8) is 0 Å². The number of rotatable bonds is 4. The van der Waals surface area contributed by atoms with Gasteiger partial charge in [0, 0.05) is 0 Å². The fourth-order valence-corrected chi connectivity index (χ4v) is 2.51. The van der Waals surface area contributed by atoms with Crippen molar-refractivity contribution in [2.75, 3.05) is 5.32 Å². The fraction of sp³-hybridized carbons (Fsp3) is 0.235. The van der Waals surface area contributed by atoms with E-state index in [2.05, 4.69) is 10.6 Å². The lowest BCUT2D eigenvalue weighted by Gasteiger charge is -2.24. The SMILES string of the molecule is Cc1oc(CNC(=O)c2cccc3c2O[C@@H](C)C(=O)N3)cc1C(=O)O. The Bertz CT molecular complexity index is 870. The van der Waals surface area contributed by atoms with Crippen LogP contribution in [0, 0.1) is 6.92 Å². The molecule has 0 aliphatic carbocycles. The Hall–Kier alpha value is -3.29. The number of carbonyl (C=O) groups is 3. The third-order valence-corrected chi connectivity index (χ3v) is 3.80. The van der Waals surface area contributed by atoms with Crippen LogP contribution in [0.2, 0.25) is 0 Å². The van der Waals surface area contributed by atoms with Crippen LogP contribution in [0.4, 0.5) is 5.69 Å². The van der Waals surface area contributed by atoms with Crippen molar-refractivity contribution in [1.29, 1.82) is 0 Å². The van der Waals surface area contributed by atoms with E-state index in [1.807, 2.05) is 0 Å². The van der Waals surface area contributed by atoms with Gasteiger partial charge in [0.05, 0.1) is 17.8 Å². The van der Waals surface area contributed by atoms with Crippen LogP contribution in [0.25, 0.3) is 0 Å². The van der Waals surface area contributed by atoms with Gasteiger partial charge in [0.2, 0.25) is 0 Å². The predicted octanol–water partition coefficient (Wildman–Crippen LogP) is 1.94. The minimum Gasteiger partial charge on any atom is -0.478 e. The molecular formula is C17H16N2O6. The molecule has 130 valence electrons. The molecule has 1 aromatic carbocycles. The van der Waals surface area contributed by atoms with Crippen molar-refractivity contribution >= 4 is 23.5 Å². The second kappa shape index (κ2) is 6.31. The molecule has 0 fully saturated rings. The van der Waals surface area contributed by atoms with E-state index in [0.29, 0.717) is 17.2 Å². The number of aromatic carboxylic acids is 1. The molecule has 0 spiro atoms. The molecule has 0 radical (unpaired) electrons. The molecule has 0 bridgehead atoms. The summed E-state index contributed by atoms with van der Waals surface area (Å²) in [5.74, 6) is -0.893. The Balaban J connectivity index is 1.76. The van der Waals surface area contributed by atoms with E-state index < -0.39 is 18.0 Å². The number of benzene rings is 1. The molecule has 25 heavy (non-hydrogen) atoms. The van der Waals surface area contributed by atoms with E-state index in [-0.39, 0.29) is 29.3 Å². The van der Waals surface area contributed by atoms with E-state index in [1.54, 1.807) is 32.0 Å². The van der Waals surface area contributed by atoms with Crippen LogP contribution >= 0.6 is 0 Å². The summed E-state index contributed by atoms with van der Waals surface area (Å²) in [6, 6.07) is 6.23. The quantitative estimate of drug-likeness (QED) is 0.780. The Morgan fingerprint density at radius 1 is 1.32 bits per heavy atom. The molecule has 3 N–H and O–H groups in total. The summed E-state index contributed by atoms with van der Waals surface area (Å²) in [5, 5.41) is 14.3. The second-order valence-corrected chi connectivity index (χ2v) is 5.60. The van der Waals surface area contributed by atoms with E-state index in [0.717, 1.165) is 0 Å². The van der Waals surface area contributed by atoms with Gasteiger partial charge in [0.1, 0.15) is 17.1 Å². The molecule has 0 unspecified atom stereocenters. The fourth-order valence-electron chi connectivity index (χ4n) is 2.51. The lowest BCUT2D eigenvalue weighted by Crippen LogP contribution is -2.35. The van der Waals surface area contributed by atoms with Crippen molar-refractivity contribution in [2.24, 2.45) is 0 Å². The molecule has 1 aromatic heterocycles. The number of anilines is 1. The maximum absolute atomic E-state index is 12.4. The van der Waals surface area contributed by atoms with Crippen LogP contribution in [0.1, 0.15) is 39.2 Å². The molecule has 1 aliphatic rings. The van der Waals surface area contributed by atoms with Crippen LogP contribution in [0.3, 0.4) is 0 Å². The van der Waals surface area contributed by atoms with E-state index >= 15 is 0 Å². The van der Waals surface area contributed by atoms with Crippen LogP contribution in [-0.4, -0.2) is 29.0 Å². The zero-order valence-corrected chi connectivity index (χ0v) is 13.6. The number of aryl methyl sites for hydroxylation is 1. The first-order valence-corrected chi connectivity index (χ1v) is 7.58. The first kappa shape index (κ1) is 16.6. The molecule has 3 rings (SSSR count). The second-order valence-electron chi connectivity index (χ2n) is 5.60. The average molecular weight is 344 g/mol. The normalized spacial score (nSPS) is 15.8. The Kier molecular flexibility index (Phi) is 4.18. The van der Waals surface area contributed by atoms with Gasteiger partial charge in [0.25, 0.3) is 11.8 Å². The summed E-state index contributed by atoms with van der Waals surface area (Å²) >= 11 is 0. The Morgan fingerprint density at radius 3 is 2.76 bits per heavy atom. The lowest BCUT2D eigenvalue weighted by molar-refractivity contribution is -0.122. The Morgan fingerprint density at radius 2 is 2.08 bits per heavy atom. The maximum atomic E-state index is 12.4. The number of nitrogens with one attached hydrogen (secondary N) is 2. The highest BCUT2D eigenvalue weighted by Crippen LogP contribution is 2.33. The van der Waals surface area contributed by atoms with Gasteiger partial charge in [-0.05, 0) is 32.0 Å². The number of ether oxygens (including phenoxy) is 1. The highest BCUT2D eigenvalue weighted by molar-refractivity contribution is 6.04. The summed E-state index contributed by atoms with van der Waals surface area (Å²) in [6.07, 6.45) is -0.702. The molecule has 0 saturated heterocycles. The number of hydrogen-bond donors (Lipinski definition) is 3. The zero-order chi connectivity index (χ0) is 18.1. The number of carbonyl (C=O) groups excluding carboxylic acids is 2. The number of amides is 2. The molecule has 1 atom stereocenters. The monoisotopic (exact) mass is 344 g/mol. The number of para-hydroxylation sites is 1. The smallest absolute Gasteiger partial charge is 0.339 e. The van der Waals surface area contributed by atoms with Gasteiger partial charge in [-0.25, -0.2) is 4.79 Å². The number of fused-ring (bicyclic) bond motifs is 1. The van der Waals surface area contributed by atoms with Crippen molar-refractivity contribution in [1.82, 2.24) is 5.32 Å². The summed E-state index contributed by atoms with van der Waals surface area (Å²) in [5.41, 5.74) is 0.755. The average Bonchev–Trinajstić information content (AvgIpc) is 2.94. The molecule has 8 heteroatoms. The summed E-state index contributed by atoms with van der Waals surface area (Å²) in [7, 11) is 0. The summed E-state index contributed by atoms with van der Waals surface area (Å²) < 4.78 is 10.9. The predicted molar refractivity (Wildman–Crippen MR) is 86.7 cm³/mol.